The second kappa shape index (κ2) is 7.19. The minimum absolute atomic E-state index is 0.0607. The maximum atomic E-state index is 12.0. The number of aliphatic hydroxyl groups is 1. The summed E-state index contributed by atoms with van der Waals surface area (Å²) in [6, 6.07) is 0. The quantitative estimate of drug-likeness (QED) is 0.723. The van der Waals surface area contributed by atoms with E-state index in [4.69, 9.17) is 5.11 Å². The molecule has 1 rings (SSSR count). The second-order valence-electron chi connectivity index (χ2n) is 5.39. The summed E-state index contributed by atoms with van der Waals surface area (Å²) < 4.78 is 0. The van der Waals surface area contributed by atoms with Crippen LogP contribution in [0.15, 0.2) is 4.79 Å². The molecule has 0 aromatic carbocycles. The number of nitrogens with zero attached hydrogens (tertiary/aromatic N) is 1. The van der Waals surface area contributed by atoms with E-state index in [1.165, 1.54) is 0 Å². The highest BCUT2D eigenvalue weighted by Crippen LogP contribution is 2.09. The summed E-state index contributed by atoms with van der Waals surface area (Å²) in [6.45, 7) is 7.94. The van der Waals surface area contributed by atoms with E-state index in [2.05, 4.69) is 15.3 Å². The number of aliphatic hydroxyl groups excluding tert-OH is 1. The van der Waals surface area contributed by atoms with Crippen LogP contribution in [-0.4, -0.2) is 34.1 Å². The lowest BCUT2D eigenvalue weighted by Crippen LogP contribution is -2.34. The minimum atomic E-state index is -0.420. The molecule has 0 bridgehead atoms. The van der Waals surface area contributed by atoms with Crippen LogP contribution in [0.1, 0.15) is 55.0 Å². The fourth-order valence-electron chi connectivity index (χ4n) is 1.83. The molecule has 6 heteroatoms. The number of nitrogens with one attached hydrogen (secondary N) is 2. The lowest BCUT2D eigenvalue weighted by Gasteiger charge is -2.12. The van der Waals surface area contributed by atoms with Crippen LogP contribution in [-0.2, 0) is 0 Å². The van der Waals surface area contributed by atoms with Gasteiger partial charge in [0.15, 0.2) is 0 Å². The van der Waals surface area contributed by atoms with Crippen LogP contribution in [0.4, 0.5) is 0 Å². The van der Waals surface area contributed by atoms with Crippen molar-refractivity contribution in [2.24, 2.45) is 5.92 Å². The van der Waals surface area contributed by atoms with Crippen molar-refractivity contribution in [2.75, 3.05) is 13.2 Å². The van der Waals surface area contributed by atoms with E-state index in [1.807, 2.05) is 20.8 Å². The molecule has 1 heterocycles. The van der Waals surface area contributed by atoms with Gasteiger partial charge in [0, 0.05) is 19.1 Å². The molecule has 0 saturated carbocycles. The molecule has 0 fully saturated rings. The first-order chi connectivity index (χ1) is 9.36. The first kappa shape index (κ1) is 16.4. The molecule has 1 atom stereocenters. The van der Waals surface area contributed by atoms with Crippen molar-refractivity contribution in [3.05, 3.63) is 27.4 Å². The molecule has 0 aliphatic carbocycles. The number of hydrogen-bond donors (Lipinski definition) is 3. The summed E-state index contributed by atoms with van der Waals surface area (Å²) in [5, 5.41) is 11.5. The third-order valence-electron chi connectivity index (χ3n) is 3.13. The smallest absolute Gasteiger partial charge is 0.264 e. The number of aromatic amines is 1. The van der Waals surface area contributed by atoms with Crippen LogP contribution < -0.4 is 10.9 Å². The maximum absolute atomic E-state index is 12.0. The summed E-state index contributed by atoms with van der Waals surface area (Å²) in [5.74, 6) is 0.420. The molecule has 0 spiro atoms. The Morgan fingerprint density at radius 2 is 2.05 bits per heavy atom. The molecule has 0 radical (unpaired) electrons. The molecule has 1 aromatic heterocycles. The molecular formula is C14H23N3O3. The Bertz CT molecular complexity index is 523. The molecule has 6 nitrogen and oxygen atoms in total. The van der Waals surface area contributed by atoms with Gasteiger partial charge in [0.1, 0.15) is 11.4 Å². The van der Waals surface area contributed by atoms with Gasteiger partial charge in [-0.25, -0.2) is 4.98 Å². The number of hydrogen-bond acceptors (Lipinski definition) is 4. The van der Waals surface area contributed by atoms with Crippen LogP contribution in [0.5, 0.6) is 0 Å². The average Bonchev–Trinajstić information content (AvgIpc) is 2.35. The lowest BCUT2D eigenvalue weighted by molar-refractivity contribution is 0.0942. The Morgan fingerprint density at radius 1 is 1.40 bits per heavy atom. The molecule has 0 saturated heterocycles. The second-order valence-corrected chi connectivity index (χ2v) is 5.39. The number of H-pyrrole nitrogens is 1. The first-order valence-electron chi connectivity index (χ1n) is 6.86. The van der Waals surface area contributed by atoms with Gasteiger partial charge in [-0.05, 0) is 19.3 Å². The van der Waals surface area contributed by atoms with Gasteiger partial charge in [-0.2, -0.15) is 0 Å². The van der Waals surface area contributed by atoms with Gasteiger partial charge < -0.3 is 15.4 Å². The van der Waals surface area contributed by atoms with Crippen molar-refractivity contribution in [1.82, 2.24) is 15.3 Å². The first-order valence-corrected chi connectivity index (χ1v) is 6.86. The monoisotopic (exact) mass is 281 g/mol. The van der Waals surface area contributed by atoms with Crippen molar-refractivity contribution in [3.63, 3.8) is 0 Å². The molecule has 1 unspecified atom stereocenters. The molecule has 112 valence electrons. The van der Waals surface area contributed by atoms with Crippen molar-refractivity contribution in [1.29, 1.82) is 0 Å². The standard InChI is InChI=1S/C14H23N3O3/c1-8(2)12-16-10(4)11(14(20)17-12)13(19)15-7-9(3)5-6-18/h8-9,18H,5-7H2,1-4H3,(H,15,19)(H,16,17,20). The SMILES string of the molecule is Cc1nc(C(C)C)[nH]c(=O)c1C(=O)NCC(C)CCO. The largest absolute Gasteiger partial charge is 0.396 e. The van der Waals surface area contributed by atoms with Crippen molar-refractivity contribution >= 4 is 5.91 Å². The zero-order valence-corrected chi connectivity index (χ0v) is 12.5. The van der Waals surface area contributed by atoms with E-state index in [-0.39, 0.29) is 24.0 Å². The van der Waals surface area contributed by atoms with E-state index in [9.17, 15) is 9.59 Å². The highest BCUT2D eigenvalue weighted by Gasteiger charge is 2.17. The van der Waals surface area contributed by atoms with E-state index >= 15 is 0 Å². The Morgan fingerprint density at radius 3 is 2.55 bits per heavy atom. The van der Waals surface area contributed by atoms with Crippen LogP contribution in [0, 0.1) is 12.8 Å². The summed E-state index contributed by atoms with van der Waals surface area (Å²) in [7, 11) is 0. The van der Waals surface area contributed by atoms with Crippen LogP contribution in [0.2, 0.25) is 0 Å². The average molecular weight is 281 g/mol. The van der Waals surface area contributed by atoms with Gasteiger partial charge in [0.25, 0.3) is 11.5 Å². The Kier molecular flexibility index (Phi) is 5.88. The zero-order valence-electron chi connectivity index (χ0n) is 12.5. The topological polar surface area (TPSA) is 95.1 Å². The lowest BCUT2D eigenvalue weighted by atomic mass is 10.1. The molecule has 1 amide bonds. The number of carbonyl (C=O) groups is 1. The summed E-state index contributed by atoms with van der Waals surface area (Å²) in [4.78, 5) is 30.9. The van der Waals surface area contributed by atoms with Crippen molar-refractivity contribution < 1.29 is 9.90 Å². The van der Waals surface area contributed by atoms with Crippen LogP contribution >= 0.6 is 0 Å². The number of carbonyl (C=O) groups excluding carboxylic acids is 1. The van der Waals surface area contributed by atoms with E-state index < -0.39 is 11.5 Å². The van der Waals surface area contributed by atoms with E-state index in [0.717, 1.165) is 0 Å². The van der Waals surface area contributed by atoms with Crippen LogP contribution in [0.25, 0.3) is 0 Å². The van der Waals surface area contributed by atoms with Gasteiger partial charge in [0.2, 0.25) is 0 Å². The number of aromatic nitrogens is 2. The van der Waals surface area contributed by atoms with Gasteiger partial charge in [-0.3, -0.25) is 9.59 Å². The van der Waals surface area contributed by atoms with Gasteiger partial charge in [-0.15, -0.1) is 0 Å². The predicted octanol–water partition coefficient (Wildman–Crippen LogP) is 0.950. The predicted molar refractivity (Wildman–Crippen MR) is 76.9 cm³/mol. The molecule has 1 aromatic rings. The van der Waals surface area contributed by atoms with Crippen molar-refractivity contribution in [2.45, 2.75) is 40.0 Å². The van der Waals surface area contributed by atoms with Gasteiger partial charge in [0.05, 0.1) is 5.69 Å². The van der Waals surface area contributed by atoms with Crippen LogP contribution in [0.3, 0.4) is 0 Å². The van der Waals surface area contributed by atoms with E-state index in [0.29, 0.717) is 24.5 Å². The highest BCUT2D eigenvalue weighted by molar-refractivity contribution is 5.94. The van der Waals surface area contributed by atoms with E-state index in [1.54, 1.807) is 6.92 Å². The minimum Gasteiger partial charge on any atom is -0.396 e. The fourth-order valence-corrected chi connectivity index (χ4v) is 1.83. The molecule has 0 aliphatic rings. The Balaban J connectivity index is 2.86. The summed E-state index contributed by atoms with van der Waals surface area (Å²) >= 11 is 0. The maximum Gasteiger partial charge on any atom is 0.264 e. The molecular weight excluding hydrogens is 258 g/mol. The van der Waals surface area contributed by atoms with Crippen molar-refractivity contribution in [3.8, 4) is 0 Å². The number of aryl methyl sites for hydroxylation is 1. The van der Waals surface area contributed by atoms with Gasteiger partial charge in [-0.1, -0.05) is 20.8 Å². The highest BCUT2D eigenvalue weighted by atomic mass is 16.3. The molecule has 20 heavy (non-hydrogen) atoms. The zero-order chi connectivity index (χ0) is 15.3. The van der Waals surface area contributed by atoms with Gasteiger partial charge >= 0.3 is 0 Å². The fraction of sp³-hybridized carbons (Fsp3) is 0.643. The summed E-state index contributed by atoms with van der Waals surface area (Å²) in [5.41, 5.74) is 0.0869. The number of amides is 1. The number of rotatable bonds is 6. The third kappa shape index (κ3) is 4.16. The normalized spacial score (nSPS) is 12.5. The molecule has 3 N–H and O–H groups in total. The Labute approximate surface area is 118 Å². The molecule has 0 aliphatic heterocycles. The third-order valence-corrected chi connectivity index (χ3v) is 3.13. The summed E-state index contributed by atoms with van der Waals surface area (Å²) in [6.07, 6.45) is 0.611. The Hall–Kier alpha value is -1.69.